The highest BCUT2D eigenvalue weighted by Crippen LogP contribution is 2.29. The molecule has 1 aliphatic carbocycles. The largest absolute Gasteiger partial charge is 0.351 e. The molecule has 0 atom stereocenters. The van der Waals surface area contributed by atoms with Crippen LogP contribution in [0, 0.1) is 0 Å². The number of aryl methyl sites for hydroxylation is 2. The number of thiophene rings is 1. The Labute approximate surface area is 123 Å². The van der Waals surface area contributed by atoms with Crippen molar-refractivity contribution in [3.8, 4) is 0 Å². The molecule has 0 fully saturated rings. The monoisotopic (exact) mass is 286 g/mol. The fourth-order valence-electron chi connectivity index (χ4n) is 2.54. The summed E-state index contributed by atoms with van der Waals surface area (Å²) in [5.41, 5.74) is 2.40. The summed E-state index contributed by atoms with van der Waals surface area (Å²) in [4.78, 5) is 18.7. The summed E-state index contributed by atoms with van der Waals surface area (Å²) in [7, 11) is 0. The molecule has 1 amide bonds. The van der Waals surface area contributed by atoms with E-state index in [1.54, 1.807) is 17.5 Å². The van der Waals surface area contributed by atoms with Crippen molar-refractivity contribution in [1.29, 1.82) is 0 Å². The molecular formula is C16H18N2OS. The van der Waals surface area contributed by atoms with Crippen molar-refractivity contribution in [3.05, 3.63) is 51.5 Å². The quantitative estimate of drug-likeness (QED) is 0.939. The van der Waals surface area contributed by atoms with Gasteiger partial charge < -0.3 is 5.32 Å². The summed E-state index contributed by atoms with van der Waals surface area (Å²) in [6.07, 6.45) is 7.34. The number of nitrogens with one attached hydrogen (secondary N) is 1. The van der Waals surface area contributed by atoms with Crippen LogP contribution in [0.15, 0.2) is 30.5 Å². The molecular weight excluding hydrogens is 268 g/mol. The van der Waals surface area contributed by atoms with Gasteiger partial charge >= 0.3 is 0 Å². The van der Waals surface area contributed by atoms with E-state index in [0.29, 0.717) is 6.54 Å². The van der Waals surface area contributed by atoms with E-state index in [-0.39, 0.29) is 5.91 Å². The van der Waals surface area contributed by atoms with Crippen LogP contribution >= 0.6 is 11.3 Å². The molecule has 0 radical (unpaired) electrons. The normalized spacial score (nSPS) is 13.8. The summed E-state index contributed by atoms with van der Waals surface area (Å²) < 4.78 is 0. The predicted molar refractivity (Wildman–Crippen MR) is 81.2 cm³/mol. The maximum Gasteiger partial charge on any atom is 0.261 e. The minimum Gasteiger partial charge on any atom is -0.351 e. The van der Waals surface area contributed by atoms with Crippen molar-refractivity contribution in [3.63, 3.8) is 0 Å². The first-order valence-corrected chi connectivity index (χ1v) is 7.94. The Balaban J connectivity index is 1.55. The number of nitrogens with zero attached hydrogens (tertiary/aromatic N) is 1. The zero-order valence-corrected chi connectivity index (χ0v) is 12.2. The van der Waals surface area contributed by atoms with E-state index in [2.05, 4.69) is 16.4 Å². The van der Waals surface area contributed by atoms with Crippen molar-refractivity contribution < 1.29 is 4.79 Å². The van der Waals surface area contributed by atoms with Gasteiger partial charge in [0, 0.05) is 29.7 Å². The number of carbonyl (C=O) groups excluding carboxylic acids is 1. The average molecular weight is 286 g/mol. The van der Waals surface area contributed by atoms with Crippen LogP contribution in [0.5, 0.6) is 0 Å². The number of hydrogen-bond acceptors (Lipinski definition) is 3. The van der Waals surface area contributed by atoms with Gasteiger partial charge in [0.15, 0.2) is 0 Å². The van der Waals surface area contributed by atoms with Crippen LogP contribution < -0.4 is 5.32 Å². The van der Waals surface area contributed by atoms with Gasteiger partial charge in [-0.05, 0) is 49.4 Å². The number of fused-ring (bicyclic) bond motifs is 1. The molecule has 4 heteroatoms. The van der Waals surface area contributed by atoms with Crippen LogP contribution in [0.4, 0.5) is 0 Å². The highest BCUT2D eigenvalue weighted by atomic mass is 32.1. The molecule has 0 aliphatic heterocycles. The van der Waals surface area contributed by atoms with Crippen molar-refractivity contribution in [2.75, 3.05) is 6.54 Å². The van der Waals surface area contributed by atoms with Gasteiger partial charge in [-0.3, -0.25) is 9.78 Å². The van der Waals surface area contributed by atoms with Gasteiger partial charge in [0.2, 0.25) is 0 Å². The van der Waals surface area contributed by atoms with Crippen molar-refractivity contribution in [1.82, 2.24) is 10.3 Å². The molecule has 0 unspecified atom stereocenters. The van der Waals surface area contributed by atoms with E-state index in [0.717, 1.165) is 29.8 Å². The van der Waals surface area contributed by atoms with E-state index < -0.39 is 0 Å². The molecule has 104 valence electrons. The van der Waals surface area contributed by atoms with Gasteiger partial charge in [-0.2, -0.15) is 0 Å². The Morgan fingerprint density at radius 1 is 1.30 bits per heavy atom. The average Bonchev–Trinajstić information content (AvgIpc) is 2.92. The van der Waals surface area contributed by atoms with E-state index >= 15 is 0 Å². The Hall–Kier alpha value is -1.68. The number of hydrogen-bond donors (Lipinski definition) is 1. The molecule has 1 aliphatic rings. The third kappa shape index (κ3) is 3.07. The lowest BCUT2D eigenvalue weighted by atomic mass is 9.99. The minimum atomic E-state index is 0.0559. The van der Waals surface area contributed by atoms with Crippen LogP contribution in [0.3, 0.4) is 0 Å². The molecule has 2 aromatic rings. The SMILES string of the molecule is O=C(NCCc1ccccn1)c1cc2c(s1)CCCC2. The Morgan fingerprint density at radius 3 is 3.00 bits per heavy atom. The standard InChI is InChI=1S/C16H18N2OS/c19-16(18-10-8-13-6-3-4-9-17-13)15-11-12-5-1-2-7-14(12)20-15/h3-4,6,9,11H,1-2,5,7-8,10H2,(H,18,19). The Morgan fingerprint density at radius 2 is 2.20 bits per heavy atom. The fourth-order valence-corrected chi connectivity index (χ4v) is 3.71. The van der Waals surface area contributed by atoms with Crippen LogP contribution in [-0.4, -0.2) is 17.4 Å². The van der Waals surface area contributed by atoms with Crippen LogP contribution in [0.25, 0.3) is 0 Å². The lowest BCUT2D eigenvalue weighted by Gasteiger charge is -2.08. The van der Waals surface area contributed by atoms with Crippen LogP contribution in [0.2, 0.25) is 0 Å². The summed E-state index contributed by atoms with van der Waals surface area (Å²) in [6, 6.07) is 7.93. The molecule has 0 saturated carbocycles. The van der Waals surface area contributed by atoms with Crippen molar-refractivity contribution >= 4 is 17.2 Å². The highest BCUT2D eigenvalue weighted by molar-refractivity contribution is 7.14. The first-order valence-electron chi connectivity index (χ1n) is 7.12. The third-order valence-electron chi connectivity index (χ3n) is 3.61. The van der Waals surface area contributed by atoms with E-state index in [1.165, 1.54) is 23.3 Å². The highest BCUT2D eigenvalue weighted by Gasteiger charge is 2.16. The smallest absolute Gasteiger partial charge is 0.261 e. The molecule has 0 bridgehead atoms. The second kappa shape index (κ2) is 6.18. The maximum absolute atomic E-state index is 12.1. The third-order valence-corrected chi connectivity index (χ3v) is 4.85. The maximum atomic E-state index is 12.1. The molecule has 20 heavy (non-hydrogen) atoms. The number of amides is 1. The summed E-state index contributed by atoms with van der Waals surface area (Å²) in [5.74, 6) is 0.0559. The second-order valence-electron chi connectivity index (χ2n) is 5.09. The van der Waals surface area contributed by atoms with Gasteiger partial charge in [0.05, 0.1) is 4.88 Å². The lowest BCUT2D eigenvalue weighted by Crippen LogP contribution is -2.25. The summed E-state index contributed by atoms with van der Waals surface area (Å²) in [6.45, 7) is 0.637. The zero-order chi connectivity index (χ0) is 13.8. The summed E-state index contributed by atoms with van der Waals surface area (Å²) in [5, 5.41) is 2.99. The Bertz CT molecular complexity index is 568. The van der Waals surface area contributed by atoms with Gasteiger partial charge in [-0.1, -0.05) is 6.07 Å². The molecule has 0 saturated heterocycles. The second-order valence-corrected chi connectivity index (χ2v) is 6.23. The number of aromatic nitrogens is 1. The van der Waals surface area contributed by atoms with Crippen LogP contribution in [0.1, 0.15) is 38.6 Å². The molecule has 0 spiro atoms. The number of carbonyl (C=O) groups is 1. The molecule has 1 N–H and O–H groups in total. The number of rotatable bonds is 4. The van der Waals surface area contributed by atoms with Crippen molar-refractivity contribution in [2.45, 2.75) is 32.1 Å². The molecule has 2 heterocycles. The van der Waals surface area contributed by atoms with E-state index in [9.17, 15) is 4.79 Å². The van der Waals surface area contributed by atoms with Crippen molar-refractivity contribution in [2.24, 2.45) is 0 Å². The van der Waals surface area contributed by atoms with E-state index in [4.69, 9.17) is 0 Å². The van der Waals surface area contributed by atoms with Gasteiger partial charge in [-0.15, -0.1) is 11.3 Å². The molecule has 2 aromatic heterocycles. The summed E-state index contributed by atoms with van der Waals surface area (Å²) >= 11 is 1.66. The lowest BCUT2D eigenvalue weighted by molar-refractivity contribution is 0.0958. The number of pyridine rings is 1. The Kier molecular flexibility index (Phi) is 4.11. The molecule has 3 rings (SSSR count). The molecule has 3 nitrogen and oxygen atoms in total. The first-order chi connectivity index (χ1) is 9.83. The predicted octanol–water partition coefficient (Wildman–Crippen LogP) is 2.99. The van der Waals surface area contributed by atoms with Gasteiger partial charge in [0.1, 0.15) is 0 Å². The zero-order valence-electron chi connectivity index (χ0n) is 11.4. The molecule has 0 aromatic carbocycles. The van der Waals surface area contributed by atoms with Gasteiger partial charge in [-0.25, -0.2) is 0 Å². The van der Waals surface area contributed by atoms with E-state index in [1.807, 2.05) is 18.2 Å². The first kappa shape index (κ1) is 13.3. The minimum absolute atomic E-state index is 0.0559. The topological polar surface area (TPSA) is 42.0 Å². The van der Waals surface area contributed by atoms with Crippen LogP contribution in [-0.2, 0) is 19.3 Å². The fraction of sp³-hybridized carbons (Fsp3) is 0.375. The van der Waals surface area contributed by atoms with Gasteiger partial charge in [0.25, 0.3) is 5.91 Å².